The zero-order chi connectivity index (χ0) is 25.0. The summed E-state index contributed by atoms with van der Waals surface area (Å²) in [7, 11) is 0. The van der Waals surface area contributed by atoms with Crippen LogP contribution in [-0.4, -0.2) is 27.0 Å². The van der Waals surface area contributed by atoms with E-state index in [4.69, 9.17) is 0 Å². The van der Waals surface area contributed by atoms with Crippen molar-refractivity contribution < 1.29 is 32.2 Å². The van der Waals surface area contributed by atoms with E-state index in [9.17, 15) is 42.2 Å². The standard InChI is InChI=1S/C23H18F5N3O3/c1-2-10-8-22(34,23(26,27)28)21(12-7-15(25)13(9-29)20(33)18(10)12)30-16-5-4-14(24)19-11(16)3-6-17(32)31-19/h3-7,10,21,30,33-34H,2,8H2,1H3,(H,31,32)/t10-,21+,22+/m1/s1. The number of H-pyrrole nitrogens is 1. The number of phenols is 1. The average molecular weight is 479 g/mol. The van der Waals surface area contributed by atoms with Crippen LogP contribution in [-0.2, 0) is 0 Å². The number of nitrogens with zero attached hydrogens (tertiary/aromatic N) is 1. The van der Waals surface area contributed by atoms with Gasteiger partial charge in [-0.3, -0.25) is 4.79 Å². The lowest BCUT2D eigenvalue weighted by Gasteiger charge is -2.46. The van der Waals surface area contributed by atoms with Gasteiger partial charge in [0.2, 0.25) is 5.56 Å². The monoisotopic (exact) mass is 479 g/mol. The Bertz CT molecular complexity index is 1400. The Kier molecular flexibility index (Phi) is 5.52. The molecule has 0 aliphatic heterocycles. The van der Waals surface area contributed by atoms with Crippen LogP contribution in [0.3, 0.4) is 0 Å². The molecule has 4 rings (SSSR count). The SMILES string of the molecule is CC[C@@H]1C[C@@](O)(C(F)(F)F)[C@@H](Nc2ccc(F)c3[nH]c(=O)ccc23)c2cc(F)c(C#N)c(O)c21. The molecule has 6 nitrogen and oxygen atoms in total. The summed E-state index contributed by atoms with van der Waals surface area (Å²) in [5.74, 6) is -3.90. The molecule has 34 heavy (non-hydrogen) atoms. The number of nitriles is 1. The Balaban J connectivity index is 2.00. The Labute approximate surface area is 189 Å². The molecule has 3 aromatic rings. The lowest BCUT2D eigenvalue weighted by Crippen LogP contribution is -2.55. The second kappa shape index (κ2) is 7.99. The van der Waals surface area contributed by atoms with E-state index in [1.54, 1.807) is 0 Å². The van der Waals surface area contributed by atoms with Crippen LogP contribution in [0, 0.1) is 23.0 Å². The van der Waals surface area contributed by atoms with Crippen molar-refractivity contribution in [1.29, 1.82) is 5.26 Å². The van der Waals surface area contributed by atoms with Crippen LogP contribution in [0.5, 0.6) is 5.75 Å². The molecule has 178 valence electrons. The third-order valence-electron chi connectivity index (χ3n) is 6.32. The maximum absolute atomic E-state index is 14.6. The Morgan fingerprint density at radius 3 is 2.56 bits per heavy atom. The summed E-state index contributed by atoms with van der Waals surface area (Å²) in [6.45, 7) is 1.54. The highest BCUT2D eigenvalue weighted by molar-refractivity contribution is 5.91. The van der Waals surface area contributed by atoms with Crippen molar-refractivity contribution in [3.63, 3.8) is 0 Å². The molecule has 11 heteroatoms. The van der Waals surface area contributed by atoms with Crippen molar-refractivity contribution in [2.75, 3.05) is 5.32 Å². The van der Waals surface area contributed by atoms with E-state index < -0.39 is 58.7 Å². The molecule has 1 aromatic heterocycles. The van der Waals surface area contributed by atoms with Crippen LogP contribution in [0.1, 0.15) is 48.4 Å². The van der Waals surface area contributed by atoms with Crippen LogP contribution < -0.4 is 10.9 Å². The van der Waals surface area contributed by atoms with Gasteiger partial charge in [0, 0.05) is 22.7 Å². The van der Waals surface area contributed by atoms with E-state index in [1.165, 1.54) is 19.1 Å². The van der Waals surface area contributed by atoms with E-state index in [1.807, 2.05) is 0 Å². The summed E-state index contributed by atoms with van der Waals surface area (Å²) in [5.41, 5.74) is -5.56. The Morgan fingerprint density at radius 1 is 1.24 bits per heavy atom. The molecular weight excluding hydrogens is 461 g/mol. The molecule has 0 bridgehead atoms. The Morgan fingerprint density at radius 2 is 1.94 bits per heavy atom. The van der Waals surface area contributed by atoms with Gasteiger partial charge in [-0.2, -0.15) is 18.4 Å². The number of pyridine rings is 1. The highest BCUT2D eigenvalue weighted by Crippen LogP contribution is 2.55. The molecule has 0 saturated carbocycles. The highest BCUT2D eigenvalue weighted by Gasteiger charge is 2.62. The molecule has 0 saturated heterocycles. The van der Waals surface area contributed by atoms with E-state index in [2.05, 4.69) is 10.3 Å². The largest absolute Gasteiger partial charge is 0.506 e. The molecule has 1 heterocycles. The molecule has 0 radical (unpaired) electrons. The number of anilines is 1. The lowest BCUT2D eigenvalue weighted by molar-refractivity contribution is -0.272. The highest BCUT2D eigenvalue weighted by atomic mass is 19.4. The smallest absolute Gasteiger partial charge is 0.419 e. The molecule has 0 spiro atoms. The molecule has 4 N–H and O–H groups in total. The number of aliphatic hydroxyl groups is 1. The van der Waals surface area contributed by atoms with Crippen molar-refractivity contribution in [1.82, 2.24) is 4.98 Å². The number of hydrogen-bond acceptors (Lipinski definition) is 5. The van der Waals surface area contributed by atoms with Gasteiger partial charge in [-0.25, -0.2) is 8.78 Å². The van der Waals surface area contributed by atoms with E-state index >= 15 is 0 Å². The van der Waals surface area contributed by atoms with Crippen LogP contribution >= 0.6 is 0 Å². The minimum atomic E-state index is -5.18. The van der Waals surface area contributed by atoms with Crippen molar-refractivity contribution in [2.45, 2.75) is 43.5 Å². The van der Waals surface area contributed by atoms with E-state index in [0.717, 1.165) is 18.2 Å². The predicted molar refractivity (Wildman–Crippen MR) is 112 cm³/mol. The minimum Gasteiger partial charge on any atom is -0.506 e. The molecule has 1 aliphatic rings. The molecule has 0 unspecified atom stereocenters. The predicted octanol–water partition coefficient (Wildman–Crippen LogP) is 4.73. The third-order valence-corrected chi connectivity index (χ3v) is 6.32. The number of alkyl halides is 3. The Hall–Kier alpha value is -3.65. The second-order valence-corrected chi connectivity index (χ2v) is 8.21. The number of halogens is 5. The van der Waals surface area contributed by atoms with Gasteiger partial charge in [0.15, 0.2) is 5.60 Å². The van der Waals surface area contributed by atoms with Crippen molar-refractivity contribution in [3.8, 4) is 11.8 Å². The first-order valence-electron chi connectivity index (χ1n) is 10.3. The molecule has 0 fully saturated rings. The number of aromatic nitrogens is 1. The van der Waals surface area contributed by atoms with Crippen molar-refractivity contribution in [2.24, 2.45) is 0 Å². The van der Waals surface area contributed by atoms with E-state index in [-0.39, 0.29) is 34.1 Å². The molecule has 2 aromatic carbocycles. The summed E-state index contributed by atoms with van der Waals surface area (Å²) in [6.07, 6.45) is -6.00. The summed E-state index contributed by atoms with van der Waals surface area (Å²) in [4.78, 5) is 13.9. The van der Waals surface area contributed by atoms with Gasteiger partial charge >= 0.3 is 6.18 Å². The summed E-state index contributed by atoms with van der Waals surface area (Å²) in [6, 6.07) is 4.46. The number of benzene rings is 2. The van der Waals surface area contributed by atoms with Gasteiger partial charge in [-0.1, -0.05) is 6.92 Å². The number of hydrogen-bond donors (Lipinski definition) is 4. The maximum atomic E-state index is 14.6. The van der Waals surface area contributed by atoms with Crippen LogP contribution in [0.25, 0.3) is 10.9 Å². The minimum absolute atomic E-state index is 0.0154. The van der Waals surface area contributed by atoms with Gasteiger partial charge in [-0.05, 0) is 48.6 Å². The molecule has 3 atom stereocenters. The van der Waals surface area contributed by atoms with Crippen LogP contribution in [0.4, 0.5) is 27.6 Å². The quantitative estimate of drug-likeness (QED) is 0.406. The van der Waals surface area contributed by atoms with Crippen LogP contribution in [0.15, 0.2) is 35.1 Å². The van der Waals surface area contributed by atoms with Crippen molar-refractivity contribution in [3.05, 3.63) is 69.0 Å². The fraction of sp³-hybridized carbons (Fsp3) is 0.304. The summed E-state index contributed by atoms with van der Waals surface area (Å²) in [5, 5.41) is 33.3. The number of aromatic amines is 1. The van der Waals surface area contributed by atoms with Gasteiger partial charge < -0.3 is 20.5 Å². The van der Waals surface area contributed by atoms with Crippen LogP contribution in [0.2, 0.25) is 0 Å². The van der Waals surface area contributed by atoms with Gasteiger partial charge in [0.05, 0.1) is 11.6 Å². The first-order valence-corrected chi connectivity index (χ1v) is 10.3. The first-order chi connectivity index (χ1) is 15.9. The third kappa shape index (κ3) is 3.45. The number of phenolic OH excluding ortho intramolecular Hbond substituents is 1. The maximum Gasteiger partial charge on any atom is 0.419 e. The molecular formula is C23H18F5N3O3. The number of nitrogens with one attached hydrogen (secondary N) is 2. The zero-order valence-electron chi connectivity index (χ0n) is 17.6. The average Bonchev–Trinajstić information content (AvgIpc) is 2.76. The van der Waals surface area contributed by atoms with Gasteiger partial charge in [0.25, 0.3) is 0 Å². The fourth-order valence-electron chi connectivity index (χ4n) is 4.62. The fourth-order valence-corrected chi connectivity index (χ4v) is 4.62. The second-order valence-electron chi connectivity index (χ2n) is 8.21. The lowest BCUT2D eigenvalue weighted by atomic mass is 9.68. The van der Waals surface area contributed by atoms with Crippen molar-refractivity contribution >= 4 is 16.6 Å². The molecule has 0 amide bonds. The zero-order valence-corrected chi connectivity index (χ0v) is 17.6. The number of aromatic hydroxyl groups is 1. The number of rotatable bonds is 3. The topological polar surface area (TPSA) is 109 Å². The molecule has 1 aliphatic carbocycles. The normalized spacial score (nSPS) is 22.3. The first kappa shape index (κ1) is 23.5. The van der Waals surface area contributed by atoms with E-state index in [0.29, 0.717) is 6.07 Å². The van der Waals surface area contributed by atoms with Gasteiger partial charge in [-0.15, -0.1) is 0 Å². The summed E-state index contributed by atoms with van der Waals surface area (Å²) < 4.78 is 71.6. The summed E-state index contributed by atoms with van der Waals surface area (Å²) >= 11 is 0. The van der Waals surface area contributed by atoms with Gasteiger partial charge in [0.1, 0.15) is 29.0 Å². The number of fused-ring (bicyclic) bond motifs is 2.